The molecule has 0 atom stereocenters. The molecule has 0 saturated heterocycles. The number of carbonyl (C=O) groups excluding carboxylic acids is 1. The van der Waals surface area contributed by atoms with Crippen molar-refractivity contribution >= 4 is 28.1 Å². The summed E-state index contributed by atoms with van der Waals surface area (Å²) in [6, 6.07) is 20.4. The van der Waals surface area contributed by atoms with Crippen LogP contribution in [-0.2, 0) is 6.61 Å². The lowest BCUT2D eigenvalue weighted by atomic mass is 10.2. The second kappa shape index (κ2) is 11.2. The van der Waals surface area contributed by atoms with E-state index in [-0.39, 0.29) is 5.91 Å². The number of benzene rings is 3. The normalized spacial score (nSPS) is 10.7. The van der Waals surface area contributed by atoms with Gasteiger partial charge < -0.3 is 14.2 Å². The molecule has 0 aromatic heterocycles. The van der Waals surface area contributed by atoms with Gasteiger partial charge in [-0.25, -0.2) is 5.43 Å². The van der Waals surface area contributed by atoms with Crippen LogP contribution in [0.1, 0.15) is 28.4 Å². The molecule has 7 heteroatoms. The molecule has 160 valence electrons. The summed E-state index contributed by atoms with van der Waals surface area (Å²) in [5.41, 5.74) is 4.76. The molecule has 0 saturated carbocycles. The third kappa shape index (κ3) is 6.33. The Morgan fingerprint density at radius 3 is 2.52 bits per heavy atom. The van der Waals surface area contributed by atoms with Gasteiger partial charge in [-0.05, 0) is 55.0 Å². The minimum atomic E-state index is -0.354. The number of rotatable bonds is 9. The monoisotopic (exact) mass is 482 g/mol. The largest absolute Gasteiger partial charge is 0.493 e. The van der Waals surface area contributed by atoms with E-state index in [2.05, 4.69) is 26.5 Å². The van der Waals surface area contributed by atoms with E-state index in [1.807, 2.05) is 55.5 Å². The molecule has 1 N–H and O–H groups in total. The van der Waals surface area contributed by atoms with Crippen molar-refractivity contribution in [2.75, 3.05) is 13.7 Å². The molecule has 0 radical (unpaired) electrons. The van der Waals surface area contributed by atoms with Gasteiger partial charge in [0, 0.05) is 15.6 Å². The van der Waals surface area contributed by atoms with Crippen LogP contribution in [0.3, 0.4) is 0 Å². The number of amides is 1. The Kier molecular flexibility index (Phi) is 8.06. The lowest BCUT2D eigenvalue weighted by molar-refractivity contribution is 0.0954. The number of carbonyl (C=O) groups is 1. The third-order valence-corrected chi connectivity index (χ3v) is 4.85. The Morgan fingerprint density at radius 1 is 1.00 bits per heavy atom. The molecule has 0 aliphatic carbocycles. The Hall–Kier alpha value is -3.32. The van der Waals surface area contributed by atoms with Gasteiger partial charge in [-0.2, -0.15) is 5.10 Å². The molecule has 1 amide bonds. The van der Waals surface area contributed by atoms with Crippen molar-refractivity contribution in [1.82, 2.24) is 5.43 Å². The van der Waals surface area contributed by atoms with Crippen LogP contribution in [0.4, 0.5) is 0 Å². The van der Waals surface area contributed by atoms with E-state index in [0.29, 0.717) is 36.0 Å². The van der Waals surface area contributed by atoms with Gasteiger partial charge in [0.05, 0.1) is 19.9 Å². The van der Waals surface area contributed by atoms with E-state index in [9.17, 15) is 4.79 Å². The predicted molar refractivity (Wildman–Crippen MR) is 124 cm³/mol. The number of hydrogen-bond donors (Lipinski definition) is 1. The van der Waals surface area contributed by atoms with Gasteiger partial charge in [0.25, 0.3) is 5.91 Å². The van der Waals surface area contributed by atoms with Crippen molar-refractivity contribution in [2.24, 2.45) is 5.10 Å². The average Bonchev–Trinajstić information content (AvgIpc) is 2.79. The SMILES string of the molecule is CCOc1cc(C(=O)N/N=C/c2ccccc2OCc2ccc(Br)cc2)ccc1OC. The first kappa shape index (κ1) is 22.4. The van der Waals surface area contributed by atoms with Gasteiger partial charge in [0.2, 0.25) is 0 Å². The molecular weight excluding hydrogens is 460 g/mol. The van der Waals surface area contributed by atoms with E-state index in [1.165, 1.54) is 0 Å². The van der Waals surface area contributed by atoms with Gasteiger partial charge in [0.1, 0.15) is 12.4 Å². The first-order valence-electron chi connectivity index (χ1n) is 9.71. The van der Waals surface area contributed by atoms with Crippen molar-refractivity contribution < 1.29 is 19.0 Å². The lowest BCUT2D eigenvalue weighted by Crippen LogP contribution is -2.17. The number of methoxy groups -OCH3 is 1. The maximum absolute atomic E-state index is 12.5. The summed E-state index contributed by atoms with van der Waals surface area (Å²) in [5.74, 6) is 1.40. The molecule has 3 aromatic carbocycles. The summed E-state index contributed by atoms with van der Waals surface area (Å²) in [5, 5.41) is 4.08. The van der Waals surface area contributed by atoms with Gasteiger partial charge in [-0.3, -0.25) is 4.79 Å². The molecule has 0 spiro atoms. The zero-order valence-corrected chi connectivity index (χ0v) is 18.9. The molecule has 0 fully saturated rings. The molecular formula is C24H23BrN2O4. The highest BCUT2D eigenvalue weighted by atomic mass is 79.9. The van der Waals surface area contributed by atoms with Crippen molar-refractivity contribution in [3.8, 4) is 17.2 Å². The first-order chi connectivity index (χ1) is 15.1. The predicted octanol–water partition coefficient (Wildman–Crippen LogP) is 5.20. The number of hydrogen-bond acceptors (Lipinski definition) is 5. The smallest absolute Gasteiger partial charge is 0.271 e. The quantitative estimate of drug-likeness (QED) is 0.336. The molecule has 0 heterocycles. The van der Waals surface area contributed by atoms with Crippen LogP contribution >= 0.6 is 15.9 Å². The van der Waals surface area contributed by atoms with Gasteiger partial charge in [0.15, 0.2) is 11.5 Å². The Morgan fingerprint density at radius 2 is 1.77 bits per heavy atom. The molecule has 6 nitrogen and oxygen atoms in total. The second-order valence-electron chi connectivity index (χ2n) is 6.45. The van der Waals surface area contributed by atoms with Crippen molar-refractivity contribution in [1.29, 1.82) is 0 Å². The molecule has 3 rings (SSSR count). The van der Waals surface area contributed by atoms with Crippen molar-refractivity contribution in [3.63, 3.8) is 0 Å². The van der Waals surface area contributed by atoms with E-state index in [1.54, 1.807) is 31.5 Å². The standard InChI is InChI=1S/C24H23BrN2O4/c1-3-30-23-14-18(10-13-22(23)29-2)24(28)27-26-15-19-6-4-5-7-21(19)31-16-17-8-11-20(25)12-9-17/h4-15H,3,16H2,1-2H3,(H,27,28)/b26-15+. The number of halogens is 1. The summed E-state index contributed by atoms with van der Waals surface area (Å²) in [4.78, 5) is 12.5. The number of hydrazone groups is 1. The third-order valence-electron chi connectivity index (χ3n) is 4.32. The van der Waals surface area contributed by atoms with Crippen LogP contribution in [0.25, 0.3) is 0 Å². The molecule has 0 aliphatic rings. The fraction of sp³-hybridized carbons (Fsp3) is 0.167. The summed E-state index contributed by atoms with van der Waals surface area (Å²) in [6.07, 6.45) is 1.56. The second-order valence-corrected chi connectivity index (χ2v) is 7.37. The molecule has 31 heavy (non-hydrogen) atoms. The molecule has 0 unspecified atom stereocenters. The van der Waals surface area contributed by atoms with Crippen LogP contribution < -0.4 is 19.6 Å². The van der Waals surface area contributed by atoms with Gasteiger partial charge >= 0.3 is 0 Å². The number of nitrogens with one attached hydrogen (secondary N) is 1. The average molecular weight is 483 g/mol. The first-order valence-corrected chi connectivity index (χ1v) is 10.5. The maximum atomic E-state index is 12.5. The summed E-state index contributed by atoms with van der Waals surface area (Å²) >= 11 is 3.42. The highest BCUT2D eigenvalue weighted by Crippen LogP contribution is 2.28. The van der Waals surface area contributed by atoms with E-state index in [4.69, 9.17) is 14.2 Å². The highest BCUT2D eigenvalue weighted by Gasteiger charge is 2.10. The molecule has 3 aromatic rings. The summed E-state index contributed by atoms with van der Waals surface area (Å²) in [6.45, 7) is 2.76. The number of nitrogens with zero attached hydrogens (tertiary/aromatic N) is 1. The molecule has 0 bridgehead atoms. The van der Waals surface area contributed by atoms with E-state index < -0.39 is 0 Å². The Bertz CT molecular complexity index is 1050. The fourth-order valence-electron chi connectivity index (χ4n) is 2.77. The topological polar surface area (TPSA) is 69.2 Å². The van der Waals surface area contributed by atoms with E-state index >= 15 is 0 Å². The zero-order chi connectivity index (χ0) is 22.1. The fourth-order valence-corrected chi connectivity index (χ4v) is 3.04. The Labute approximate surface area is 190 Å². The van der Waals surface area contributed by atoms with Crippen molar-refractivity contribution in [2.45, 2.75) is 13.5 Å². The summed E-state index contributed by atoms with van der Waals surface area (Å²) < 4.78 is 17.7. The molecule has 0 aliphatic heterocycles. The van der Waals surface area contributed by atoms with Gasteiger partial charge in [-0.15, -0.1) is 0 Å². The van der Waals surface area contributed by atoms with Crippen LogP contribution in [0, 0.1) is 0 Å². The minimum absolute atomic E-state index is 0.354. The number of ether oxygens (including phenoxy) is 3. The van der Waals surface area contributed by atoms with Crippen LogP contribution in [-0.4, -0.2) is 25.8 Å². The maximum Gasteiger partial charge on any atom is 0.271 e. The van der Waals surface area contributed by atoms with E-state index in [0.717, 1.165) is 15.6 Å². The van der Waals surface area contributed by atoms with Crippen LogP contribution in [0.5, 0.6) is 17.2 Å². The van der Waals surface area contributed by atoms with Crippen LogP contribution in [0.15, 0.2) is 76.3 Å². The van der Waals surface area contributed by atoms with Crippen LogP contribution in [0.2, 0.25) is 0 Å². The van der Waals surface area contributed by atoms with Crippen molar-refractivity contribution in [3.05, 3.63) is 87.9 Å². The lowest BCUT2D eigenvalue weighted by Gasteiger charge is -2.10. The zero-order valence-electron chi connectivity index (χ0n) is 17.3. The minimum Gasteiger partial charge on any atom is -0.493 e. The van der Waals surface area contributed by atoms with Gasteiger partial charge in [-0.1, -0.05) is 40.2 Å². The number of para-hydroxylation sites is 1. The highest BCUT2D eigenvalue weighted by molar-refractivity contribution is 9.10. The Balaban J connectivity index is 1.65. The summed E-state index contributed by atoms with van der Waals surface area (Å²) in [7, 11) is 1.55.